The molecule has 1 heterocycles. The number of aromatic nitrogens is 2. The second-order valence-electron chi connectivity index (χ2n) is 9.86. The van der Waals surface area contributed by atoms with Crippen LogP contribution in [0.4, 0.5) is 14.5 Å². The number of esters is 1. The molecule has 0 radical (unpaired) electrons. The number of carbonyl (C=O) groups is 2. The highest BCUT2D eigenvalue weighted by molar-refractivity contribution is 6.00. The van der Waals surface area contributed by atoms with Crippen LogP contribution in [-0.2, 0) is 23.0 Å². The van der Waals surface area contributed by atoms with Gasteiger partial charge in [-0.1, -0.05) is 43.3 Å². The summed E-state index contributed by atoms with van der Waals surface area (Å²) in [6.07, 6.45) is 2.13. The van der Waals surface area contributed by atoms with Crippen molar-refractivity contribution in [3.8, 4) is 16.9 Å². The molecular formula is C31H32F2N4O5. The molecule has 42 heavy (non-hydrogen) atoms. The highest BCUT2D eigenvalue weighted by Gasteiger charge is 2.28. The van der Waals surface area contributed by atoms with Crippen LogP contribution >= 0.6 is 0 Å². The lowest BCUT2D eigenvalue weighted by Crippen LogP contribution is -2.43. The van der Waals surface area contributed by atoms with E-state index >= 15 is 0 Å². The van der Waals surface area contributed by atoms with Gasteiger partial charge in [-0.3, -0.25) is 9.59 Å². The monoisotopic (exact) mass is 578 g/mol. The minimum atomic E-state index is -1.27. The molecule has 1 amide bonds. The fourth-order valence-electron chi connectivity index (χ4n) is 4.73. The highest BCUT2D eigenvalue weighted by atomic mass is 19.1. The lowest BCUT2D eigenvalue weighted by Gasteiger charge is -2.20. The minimum Gasteiger partial charge on any atom is -0.494 e. The van der Waals surface area contributed by atoms with Crippen molar-refractivity contribution < 1.29 is 27.8 Å². The van der Waals surface area contributed by atoms with Crippen molar-refractivity contribution in [3.63, 3.8) is 0 Å². The van der Waals surface area contributed by atoms with Crippen LogP contribution in [0.5, 0.6) is 5.75 Å². The van der Waals surface area contributed by atoms with Gasteiger partial charge >= 0.3 is 5.97 Å². The number of anilines is 1. The fourth-order valence-corrected chi connectivity index (χ4v) is 4.73. The van der Waals surface area contributed by atoms with Gasteiger partial charge < -0.3 is 20.1 Å². The second-order valence-corrected chi connectivity index (χ2v) is 9.86. The van der Waals surface area contributed by atoms with Gasteiger partial charge in [-0.2, -0.15) is 5.10 Å². The van der Waals surface area contributed by atoms with Gasteiger partial charge in [-0.05, 0) is 47.4 Å². The van der Waals surface area contributed by atoms with Crippen molar-refractivity contribution in [1.29, 1.82) is 0 Å². The second kappa shape index (κ2) is 12.8. The van der Waals surface area contributed by atoms with E-state index in [4.69, 9.17) is 9.47 Å². The third-order valence-electron chi connectivity index (χ3n) is 7.12. The first-order chi connectivity index (χ1) is 20.1. The number of rotatable bonds is 10. The predicted molar refractivity (Wildman–Crippen MR) is 156 cm³/mol. The van der Waals surface area contributed by atoms with Gasteiger partial charge in [0, 0.05) is 25.2 Å². The van der Waals surface area contributed by atoms with E-state index in [0.717, 1.165) is 25.7 Å². The smallest absolute Gasteiger partial charge is 0.328 e. The number of ether oxygens (including phenoxy) is 2. The number of benzene rings is 3. The predicted octanol–water partition coefficient (Wildman–Crippen LogP) is 4.61. The van der Waals surface area contributed by atoms with Crippen molar-refractivity contribution in [2.75, 3.05) is 19.5 Å². The Morgan fingerprint density at radius 2 is 1.71 bits per heavy atom. The van der Waals surface area contributed by atoms with Crippen LogP contribution in [0.15, 0.2) is 59.5 Å². The summed E-state index contributed by atoms with van der Waals surface area (Å²) < 4.78 is 41.3. The van der Waals surface area contributed by atoms with Crippen molar-refractivity contribution in [1.82, 2.24) is 15.1 Å². The topological polar surface area (TPSA) is 112 Å². The Morgan fingerprint density at radius 1 is 1.05 bits per heavy atom. The van der Waals surface area contributed by atoms with E-state index in [0.29, 0.717) is 33.2 Å². The molecule has 4 rings (SSSR count). The maximum absolute atomic E-state index is 14.9. The molecule has 0 spiro atoms. The lowest BCUT2D eigenvalue weighted by atomic mass is 9.92. The number of fused-ring (bicyclic) bond motifs is 1. The molecule has 220 valence electrons. The number of carbonyl (C=O) groups excluding carboxylic acids is 2. The molecule has 0 unspecified atom stereocenters. The maximum atomic E-state index is 14.9. The molecule has 0 aliphatic heterocycles. The van der Waals surface area contributed by atoms with Crippen LogP contribution in [0.1, 0.15) is 36.2 Å². The SMILES string of the molecule is CC[C@H](C)Nc1cc(F)c(C(=O)N[C@@H](Cc2ccc(-c3c(OC)cnn(C)c3=O)c3ccccc23)C(=O)OC)c(F)c1. The van der Waals surface area contributed by atoms with E-state index in [-0.39, 0.29) is 23.7 Å². The summed E-state index contributed by atoms with van der Waals surface area (Å²) in [6.45, 7) is 3.79. The van der Waals surface area contributed by atoms with Crippen LogP contribution in [0.25, 0.3) is 21.9 Å². The highest BCUT2D eigenvalue weighted by Crippen LogP contribution is 2.34. The van der Waals surface area contributed by atoms with Gasteiger partial charge in [0.1, 0.15) is 23.2 Å². The molecule has 0 bridgehead atoms. The Bertz CT molecular complexity index is 1680. The van der Waals surface area contributed by atoms with Gasteiger partial charge in [0.2, 0.25) is 0 Å². The number of nitrogens with one attached hydrogen (secondary N) is 2. The molecule has 3 aromatic carbocycles. The molecule has 1 aromatic heterocycles. The number of amides is 1. The third-order valence-corrected chi connectivity index (χ3v) is 7.12. The van der Waals surface area contributed by atoms with Gasteiger partial charge in [0.05, 0.1) is 26.0 Å². The lowest BCUT2D eigenvalue weighted by molar-refractivity contribution is -0.142. The van der Waals surface area contributed by atoms with E-state index in [9.17, 15) is 23.2 Å². The van der Waals surface area contributed by atoms with E-state index in [1.165, 1.54) is 25.0 Å². The quantitative estimate of drug-likeness (QED) is 0.264. The Balaban J connectivity index is 1.71. The van der Waals surface area contributed by atoms with E-state index in [2.05, 4.69) is 15.7 Å². The van der Waals surface area contributed by atoms with Gasteiger partial charge in [-0.25, -0.2) is 18.3 Å². The number of methoxy groups -OCH3 is 2. The molecule has 9 nitrogen and oxygen atoms in total. The molecule has 2 atom stereocenters. The average Bonchev–Trinajstić information content (AvgIpc) is 2.97. The Morgan fingerprint density at radius 3 is 2.33 bits per heavy atom. The maximum Gasteiger partial charge on any atom is 0.328 e. The summed E-state index contributed by atoms with van der Waals surface area (Å²) in [5.74, 6) is -3.72. The Labute approximate surface area is 241 Å². The van der Waals surface area contributed by atoms with Crippen LogP contribution < -0.4 is 20.9 Å². The summed E-state index contributed by atoms with van der Waals surface area (Å²) in [6, 6.07) is 11.5. The van der Waals surface area contributed by atoms with Crippen LogP contribution in [0, 0.1) is 11.6 Å². The standard InChI is InChI=1S/C31H32F2N4O5/c1-6-17(2)35-19-14-23(32)28(24(33)15-19)29(38)36-25(31(40)42-5)13-18-11-12-22(21-10-8-7-9-20(18)21)27-26(41-4)16-34-37(3)30(27)39/h7-12,14-17,25,35H,6,13H2,1-5H3,(H,36,38)/t17-,25-/m0/s1. The number of nitrogens with zero attached hydrogens (tertiary/aromatic N) is 2. The molecule has 0 aliphatic carbocycles. The number of halogens is 2. The molecule has 0 aliphatic rings. The molecule has 11 heteroatoms. The van der Waals surface area contributed by atoms with Crippen molar-refractivity contribution in [2.24, 2.45) is 7.05 Å². The first-order valence-electron chi connectivity index (χ1n) is 13.3. The van der Waals surface area contributed by atoms with E-state index < -0.39 is 35.1 Å². The minimum absolute atomic E-state index is 0.0314. The zero-order chi connectivity index (χ0) is 30.6. The van der Waals surface area contributed by atoms with Crippen molar-refractivity contribution in [2.45, 2.75) is 38.8 Å². The Kier molecular flexibility index (Phi) is 9.19. The van der Waals surface area contributed by atoms with Gasteiger partial charge in [-0.15, -0.1) is 0 Å². The largest absolute Gasteiger partial charge is 0.494 e. The number of aryl methyl sites for hydroxylation is 1. The zero-order valence-electron chi connectivity index (χ0n) is 24.0. The van der Waals surface area contributed by atoms with Gasteiger partial charge in [0.25, 0.3) is 11.5 Å². The first-order valence-corrected chi connectivity index (χ1v) is 13.3. The summed E-state index contributed by atoms with van der Waals surface area (Å²) in [7, 11) is 4.14. The summed E-state index contributed by atoms with van der Waals surface area (Å²) in [4.78, 5) is 38.8. The molecule has 0 fully saturated rings. The third kappa shape index (κ3) is 6.09. The molecular weight excluding hydrogens is 546 g/mol. The normalized spacial score (nSPS) is 12.5. The fraction of sp³-hybridized carbons (Fsp3) is 0.290. The molecule has 0 saturated heterocycles. The summed E-state index contributed by atoms with van der Waals surface area (Å²) >= 11 is 0. The van der Waals surface area contributed by atoms with Crippen LogP contribution in [0.3, 0.4) is 0 Å². The molecule has 4 aromatic rings. The van der Waals surface area contributed by atoms with Gasteiger partial charge in [0.15, 0.2) is 5.75 Å². The van der Waals surface area contributed by atoms with E-state index in [1.54, 1.807) is 24.3 Å². The van der Waals surface area contributed by atoms with Crippen LogP contribution in [-0.4, -0.2) is 48.0 Å². The average molecular weight is 579 g/mol. The van der Waals surface area contributed by atoms with E-state index in [1.807, 2.05) is 26.0 Å². The van der Waals surface area contributed by atoms with Crippen molar-refractivity contribution in [3.05, 3.63) is 87.8 Å². The van der Waals surface area contributed by atoms with Crippen molar-refractivity contribution >= 4 is 28.3 Å². The molecule has 2 N–H and O–H groups in total. The number of hydrogen-bond acceptors (Lipinski definition) is 7. The molecule has 0 saturated carbocycles. The Hall–Kier alpha value is -4.80. The summed E-state index contributed by atoms with van der Waals surface area (Å²) in [5.41, 5.74) is 0.563. The zero-order valence-corrected chi connectivity index (χ0v) is 24.0. The number of hydrogen-bond donors (Lipinski definition) is 2. The summed E-state index contributed by atoms with van der Waals surface area (Å²) in [5, 5.41) is 10.8. The van der Waals surface area contributed by atoms with Crippen LogP contribution in [0.2, 0.25) is 0 Å². The first kappa shape index (κ1) is 30.2.